The number of anilines is 3. The molecule has 0 radical (unpaired) electrons. The van der Waals surface area contributed by atoms with Crippen LogP contribution in [0.25, 0.3) is 33.4 Å². The smallest absolute Gasteiger partial charge is 0.0726 e. The van der Waals surface area contributed by atoms with E-state index in [1.807, 2.05) is 0 Å². The summed E-state index contributed by atoms with van der Waals surface area (Å²) in [6.07, 6.45) is 0.953. The van der Waals surface area contributed by atoms with Gasteiger partial charge in [0, 0.05) is 22.4 Å². The number of fused-ring (bicyclic) bond motifs is 12. The largest absolute Gasteiger partial charge is 0.310 e. The number of para-hydroxylation sites is 1. The van der Waals surface area contributed by atoms with Crippen LogP contribution in [0.4, 0.5) is 17.1 Å². The highest BCUT2D eigenvalue weighted by molar-refractivity contribution is 5.97. The minimum absolute atomic E-state index is 0.133. The molecule has 0 bridgehead atoms. The zero-order chi connectivity index (χ0) is 36.0. The van der Waals surface area contributed by atoms with Crippen molar-refractivity contribution >= 4 is 17.1 Å². The van der Waals surface area contributed by atoms with Gasteiger partial charge in [-0.1, -0.05) is 172 Å². The van der Waals surface area contributed by atoms with E-state index in [1.165, 1.54) is 83.6 Å². The molecule has 0 aliphatic heterocycles. The number of hydrogen-bond acceptors (Lipinski definition) is 1. The topological polar surface area (TPSA) is 3.24 Å². The normalized spacial score (nSPS) is 14.7. The zero-order valence-corrected chi connectivity index (χ0v) is 30.6. The quantitative estimate of drug-likeness (QED) is 0.178. The molecule has 0 unspecified atom stereocenters. The first kappa shape index (κ1) is 31.1. The van der Waals surface area contributed by atoms with Gasteiger partial charge >= 0.3 is 0 Å². The molecule has 0 amide bonds. The van der Waals surface area contributed by atoms with Crippen LogP contribution in [0.15, 0.2) is 188 Å². The monoisotopic (exact) mass is 689 g/mol. The van der Waals surface area contributed by atoms with Crippen molar-refractivity contribution in [2.24, 2.45) is 0 Å². The lowest BCUT2D eigenvalue weighted by atomic mass is 9.69. The van der Waals surface area contributed by atoms with Gasteiger partial charge < -0.3 is 4.90 Å². The van der Waals surface area contributed by atoms with E-state index >= 15 is 0 Å². The Morgan fingerprint density at radius 1 is 0.370 bits per heavy atom. The average Bonchev–Trinajstić information content (AvgIpc) is 3.69. The van der Waals surface area contributed by atoms with Crippen LogP contribution in [0, 0.1) is 0 Å². The molecule has 0 saturated carbocycles. The molecule has 3 aliphatic carbocycles. The van der Waals surface area contributed by atoms with E-state index < -0.39 is 5.41 Å². The molecule has 256 valence electrons. The molecule has 3 aliphatic rings. The van der Waals surface area contributed by atoms with Gasteiger partial charge in [0.05, 0.1) is 11.1 Å². The maximum Gasteiger partial charge on any atom is 0.0726 e. The Hall–Kier alpha value is -6.44. The predicted molar refractivity (Wildman–Crippen MR) is 224 cm³/mol. The van der Waals surface area contributed by atoms with Crippen molar-refractivity contribution in [3.05, 3.63) is 233 Å². The van der Waals surface area contributed by atoms with Gasteiger partial charge in [-0.25, -0.2) is 0 Å². The van der Waals surface area contributed by atoms with Gasteiger partial charge in [-0.05, 0) is 109 Å². The fraction of sp³-hybridized carbons (Fsp3) is 0.0943. The fourth-order valence-corrected chi connectivity index (χ4v) is 10.3. The van der Waals surface area contributed by atoms with Crippen LogP contribution in [0.1, 0.15) is 58.4 Å². The number of benzene rings is 8. The summed E-state index contributed by atoms with van der Waals surface area (Å²) in [5.74, 6) is 0. The van der Waals surface area contributed by atoms with Gasteiger partial charge in [-0.15, -0.1) is 0 Å². The summed E-state index contributed by atoms with van der Waals surface area (Å²) in [4.78, 5) is 2.52. The van der Waals surface area contributed by atoms with Crippen LogP contribution in [-0.4, -0.2) is 0 Å². The van der Waals surface area contributed by atoms with E-state index in [9.17, 15) is 0 Å². The van der Waals surface area contributed by atoms with Gasteiger partial charge in [0.2, 0.25) is 0 Å². The molecule has 1 heteroatoms. The average molecular weight is 690 g/mol. The molecule has 0 aromatic heterocycles. The van der Waals surface area contributed by atoms with E-state index in [4.69, 9.17) is 0 Å². The summed E-state index contributed by atoms with van der Waals surface area (Å²) < 4.78 is 0. The van der Waals surface area contributed by atoms with Crippen molar-refractivity contribution in [1.29, 1.82) is 0 Å². The molecular weight excluding hydrogens is 651 g/mol. The third kappa shape index (κ3) is 4.21. The number of nitrogens with zero attached hydrogens (tertiary/aromatic N) is 1. The van der Waals surface area contributed by atoms with Crippen molar-refractivity contribution in [2.75, 3.05) is 4.90 Å². The highest BCUT2D eigenvalue weighted by Gasteiger charge is 2.51. The van der Waals surface area contributed by atoms with Gasteiger partial charge in [0.1, 0.15) is 0 Å². The molecule has 1 nitrogen and oxygen atoms in total. The van der Waals surface area contributed by atoms with E-state index in [2.05, 4.69) is 207 Å². The lowest BCUT2D eigenvalue weighted by Crippen LogP contribution is -2.27. The van der Waals surface area contributed by atoms with Crippen LogP contribution in [0.5, 0.6) is 0 Å². The van der Waals surface area contributed by atoms with Crippen LogP contribution in [-0.2, 0) is 17.3 Å². The molecule has 0 atom stereocenters. The maximum absolute atomic E-state index is 2.52. The molecule has 8 aromatic rings. The van der Waals surface area contributed by atoms with Crippen LogP contribution in [0.3, 0.4) is 0 Å². The first-order valence-corrected chi connectivity index (χ1v) is 19.2. The highest BCUT2D eigenvalue weighted by Crippen LogP contribution is 2.63. The fourth-order valence-electron chi connectivity index (χ4n) is 10.3. The van der Waals surface area contributed by atoms with Crippen LogP contribution >= 0.6 is 0 Å². The molecule has 0 heterocycles. The van der Waals surface area contributed by atoms with Crippen LogP contribution in [0.2, 0.25) is 0 Å². The molecular formula is C53H39N. The standard InChI is InChI=1S/C53H39N/c1-52(2)45-23-11-6-18-36(45)32-37-28-29-38(33-49(37)52)54(51-27-15-10-19-40(51)35-16-4-3-5-17-35)39-30-31-44-43-22-9-14-26-48(43)53(50(44)34-39)46-24-12-7-20-41(46)42-21-8-13-25-47(42)53/h3-31,33-34H,32H2,1-2H3. The molecule has 11 rings (SSSR count). The first-order valence-electron chi connectivity index (χ1n) is 19.2. The molecule has 0 fully saturated rings. The van der Waals surface area contributed by atoms with Crippen molar-refractivity contribution in [1.82, 2.24) is 0 Å². The molecule has 54 heavy (non-hydrogen) atoms. The molecule has 0 N–H and O–H groups in total. The lowest BCUT2D eigenvalue weighted by molar-refractivity contribution is 0.611. The van der Waals surface area contributed by atoms with E-state index in [0.717, 1.165) is 17.8 Å². The minimum Gasteiger partial charge on any atom is -0.310 e. The molecule has 0 saturated heterocycles. The number of rotatable bonds is 4. The van der Waals surface area contributed by atoms with Crippen molar-refractivity contribution in [3.63, 3.8) is 0 Å². The minimum atomic E-state index is -0.415. The first-order chi connectivity index (χ1) is 26.5. The molecule has 1 spiro atoms. The van der Waals surface area contributed by atoms with E-state index in [-0.39, 0.29) is 5.41 Å². The van der Waals surface area contributed by atoms with Crippen molar-refractivity contribution in [2.45, 2.75) is 31.1 Å². The second kappa shape index (κ2) is 11.5. The third-order valence-electron chi connectivity index (χ3n) is 12.6. The van der Waals surface area contributed by atoms with Gasteiger partial charge in [-0.3, -0.25) is 0 Å². The Kier molecular flexibility index (Phi) is 6.64. The van der Waals surface area contributed by atoms with Gasteiger partial charge in [0.15, 0.2) is 0 Å². The van der Waals surface area contributed by atoms with E-state index in [1.54, 1.807) is 0 Å². The SMILES string of the molecule is CC1(C)c2ccccc2Cc2ccc(N(c3ccc4c(c3)C3(c5ccccc5-c5ccccc53)c3ccccc3-4)c3ccccc3-c3ccccc3)cc21. The Morgan fingerprint density at radius 2 is 0.833 bits per heavy atom. The van der Waals surface area contributed by atoms with Gasteiger partial charge in [0.25, 0.3) is 0 Å². The summed E-state index contributed by atoms with van der Waals surface area (Å²) in [7, 11) is 0. The summed E-state index contributed by atoms with van der Waals surface area (Å²) in [5, 5.41) is 0. The van der Waals surface area contributed by atoms with E-state index in [0.29, 0.717) is 0 Å². The second-order valence-corrected chi connectivity index (χ2v) is 15.6. The van der Waals surface area contributed by atoms with Crippen LogP contribution < -0.4 is 4.90 Å². The molecule has 8 aromatic carbocycles. The summed E-state index contributed by atoms with van der Waals surface area (Å²) in [6.45, 7) is 4.78. The maximum atomic E-state index is 2.52. The Labute approximate surface area is 317 Å². The highest BCUT2D eigenvalue weighted by atomic mass is 15.1. The Balaban J connectivity index is 1.19. The summed E-state index contributed by atoms with van der Waals surface area (Å²) >= 11 is 0. The second-order valence-electron chi connectivity index (χ2n) is 15.6. The Bertz CT molecular complexity index is 2720. The van der Waals surface area contributed by atoms with Crippen molar-refractivity contribution in [3.8, 4) is 33.4 Å². The lowest BCUT2D eigenvalue weighted by Gasteiger charge is -2.37. The summed E-state index contributed by atoms with van der Waals surface area (Å²) in [6, 6.07) is 70.4. The Morgan fingerprint density at radius 3 is 1.48 bits per heavy atom. The van der Waals surface area contributed by atoms with Crippen molar-refractivity contribution < 1.29 is 0 Å². The number of hydrogen-bond donors (Lipinski definition) is 0. The predicted octanol–water partition coefficient (Wildman–Crippen LogP) is 13.4. The third-order valence-corrected chi connectivity index (χ3v) is 12.6. The zero-order valence-electron chi connectivity index (χ0n) is 30.6. The summed E-state index contributed by atoms with van der Waals surface area (Å²) in [5.41, 5.74) is 21.7. The van der Waals surface area contributed by atoms with Gasteiger partial charge in [-0.2, -0.15) is 0 Å².